The second kappa shape index (κ2) is 10.2. The summed E-state index contributed by atoms with van der Waals surface area (Å²) in [7, 11) is 0. The second-order valence-corrected chi connectivity index (χ2v) is 11.5. The Bertz CT molecular complexity index is 1120. The van der Waals surface area contributed by atoms with Gasteiger partial charge in [-0.2, -0.15) is 0 Å². The minimum atomic E-state index is -0.629. The van der Waals surface area contributed by atoms with Crippen molar-refractivity contribution >= 4 is 23.0 Å². The molecule has 0 bridgehead atoms. The Morgan fingerprint density at radius 3 is 2.37 bits per heavy atom. The van der Waals surface area contributed by atoms with Crippen LogP contribution in [0.3, 0.4) is 0 Å². The number of carbonyl (C=O) groups is 2. The number of rotatable bonds is 7. The quantitative estimate of drug-likeness (QED) is 0.573. The molecule has 1 atom stereocenters. The maximum Gasteiger partial charge on any atom is 0.290 e. The molecule has 1 saturated heterocycles. The molecule has 1 N–H and O–H groups in total. The summed E-state index contributed by atoms with van der Waals surface area (Å²) in [5, 5.41) is 11.7. The number of amides is 1. The number of carbonyl (C=O) groups excluding carboxylic acids is 2. The van der Waals surface area contributed by atoms with Crippen molar-refractivity contribution in [3.8, 4) is 0 Å². The van der Waals surface area contributed by atoms with E-state index in [0.29, 0.717) is 17.1 Å². The molecule has 7 nitrogen and oxygen atoms in total. The number of aliphatic hydroxyl groups excluding tert-OH is 1. The molecule has 0 spiro atoms. The van der Waals surface area contributed by atoms with Gasteiger partial charge >= 0.3 is 0 Å². The van der Waals surface area contributed by atoms with Crippen molar-refractivity contribution in [2.45, 2.75) is 52.5 Å². The molecule has 1 aromatic heterocycles. The number of morpholine rings is 1. The molecule has 0 aliphatic carbocycles. The second-order valence-electron chi connectivity index (χ2n) is 10.3. The van der Waals surface area contributed by atoms with E-state index in [9.17, 15) is 14.7 Å². The molecule has 2 aromatic rings. The topological polar surface area (TPSA) is 83.0 Å². The molecule has 1 fully saturated rings. The first-order chi connectivity index (χ1) is 16.6. The van der Waals surface area contributed by atoms with E-state index in [-0.39, 0.29) is 16.8 Å². The summed E-state index contributed by atoms with van der Waals surface area (Å²) in [6.45, 7) is 14.6. The smallest absolute Gasteiger partial charge is 0.290 e. The third-order valence-electron chi connectivity index (χ3n) is 6.73. The van der Waals surface area contributed by atoms with Gasteiger partial charge in [-0.05, 0) is 36.8 Å². The molecule has 1 aromatic carbocycles. The first-order valence-corrected chi connectivity index (χ1v) is 13.0. The zero-order valence-corrected chi connectivity index (χ0v) is 22.1. The van der Waals surface area contributed by atoms with Crippen LogP contribution in [-0.2, 0) is 14.9 Å². The first kappa shape index (κ1) is 25.5. The van der Waals surface area contributed by atoms with Crippen LogP contribution in [0.1, 0.15) is 64.7 Å². The van der Waals surface area contributed by atoms with Crippen LogP contribution in [0.4, 0.5) is 0 Å². The Labute approximate surface area is 211 Å². The average molecular weight is 498 g/mol. The van der Waals surface area contributed by atoms with E-state index in [2.05, 4.69) is 30.7 Å². The maximum atomic E-state index is 13.7. The van der Waals surface area contributed by atoms with Gasteiger partial charge in [0.05, 0.1) is 40.4 Å². The van der Waals surface area contributed by atoms with Gasteiger partial charge in [-0.1, -0.05) is 45.0 Å². The third-order valence-corrected chi connectivity index (χ3v) is 7.80. The van der Waals surface area contributed by atoms with Crippen molar-refractivity contribution < 1.29 is 19.4 Å². The lowest BCUT2D eigenvalue weighted by atomic mass is 9.85. The number of thiazole rings is 1. The Kier molecular flexibility index (Phi) is 7.45. The number of aryl methyl sites for hydroxylation is 2. The molecule has 8 heteroatoms. The monoisotopic (exact) mass is 497 g/mol. The molecule has 4 rings (SSSR count). The normalized spacial score (nSPS) is 19.6. The molecule has 3 heterocycles. The lowest BCUT2D eigenvalue weighted by Crippen LogP contribution is -2.39. The fourth-order valence-corrected chi connectivity index (χ4v) is 5.66. The molecule has 2 aliphatic heterocycles. The van der Waals surface area contributed by atoms with Gasteiger partial charge in [0, 0.05) is 26.2 Å². The van der Waals surface area contributed by atoms with Crippen molar-refractivity contribution in [2.75, 3.05) is 39.4 Å². The molecular weight excluding hydrogens is 462 g/mol. The van der Waals surface area contributed by atoms with Crippen LogP contribution in [0.15, 0.2) is 35.6 Å². The largest absolute Gasteiger partial charge is 0.503 e. The van der Waals surface area contributed by atoms with E-state index < -0.39 is 17.7 Å². The van der Waals surface area contributed by atoms with Crippen LogP contribution in [-0.4, -0.2) is 71.0 Å². The molecule has 0 radical (unpaired) electrons. The van der Waals surface area contributed by atoms with E-state index >= 15 is 0 Å². The Morgan fingerprint density at radius 2 is 1.80 bits per heavy atom. The number of aromatic nitrogens is 1. The molecule has 0 unspecified atom stereocenters. The third kappa shape index (κ3) is 5.34. The first-order valence-electron chi connectivity index (χ1n) is 12.2. The van der Waals surface area contributed by atoms with Gasteiger partial charge in [-0.3, -0.25) is 14.5 Å². The Morgan fingerprint density at radius 1 is 1.14 bits per heavy atom. The summed E-state index contributed by atoms with van der Waals surface area (Å²) in [6, 6.07) is 7.42. The zero-order valence-electron chi connectivity index (χ0n) is 21.3. The molecule has 1 amide bonds. The molecule has 2 aliphatic rings. The van der Waals surface area contributed by atoms with Crippen LogP contribution in [0, 0.1) is 13.8 Å². The van der Waals surface area contributed by atoms with Gasteiger partial charge < -0.3 is 14.7 Å². The number of aliphatic hydroxyl groups is 1. The van der Waals surface area contributed by atoms with E-state index in [1.54, 1.807) is 11.8 Å². The van der Waals surface area contributed by atoms with Gasteiger partial charge in [0.1, 0.15) is 0 Å². The van der Waals surface area contributed by atoms with Gasteiger partial charge in [0.2, 0.25) is 5.78 Å². The summed E-state index contributed by atoms with van der Waals surface area (Å²) >= 11 is 1.30. The minimum absolute atomic E-state index is 0.0181. The van der Waals surface area contributed by atoms with Crippen LogP contribution in [0.2, 0.25) is 0 Å². The van der Waals surface area contributed by atoms with Gasteiger partial charge in [-0.25, -0.2) is 4.98 Å². The number of hydrogen-bond acceptors (Lipinski definition) is 7. The fraction of sp³-hybridized carbons (Fsp3) is 0.519. The predicted molar refractivity (Wildman–Crippen MR) is 137 cm³/mol. The molecule has 0 saturated carbocycles. The molecule has 35 heavy (non-hydrogen) atoms. The highest BCUT2D eigenvalue weighted by molar-refractivity contribution is 7.14. The van der Waals surface area contributed by atoms with Gasteiger partial charge in [-0.15, -0.1) is 11.3 Å². The summed E-state index contributed by atoms with van der Waals surface area (Å²) in [4.78, 5) is 35.7. The highest BCUT2D eigenvalue weighted by Crippen LogP contribution is 2.40. The lowest BCUT2D eigenvalue weighted by molar-refractivity contribution is -0.129. The van der Waals surface area contributed by atoms with Crippen LogP contribution < -0.4 is 0 Å². The van der Waals surface area contributed by atoms with Crippen LogP contribution in [0.5, 0.6) is 0 Å². The Balaban J connectivity index is 1.66. The number of hydrogen-bond donors (Lipinski definition) is 1. The highest BCUT2D eigenvalue weighted by Gasteiger charge is 2.44. The van der Waals surface area contributed by atoms with Crippen molar-refractivity contribution in [3.05, 3.63) is 62.3 Å². The van der Waals surface area contributed by atoms with Gasteiger partial charge in [0.25, 0.3) is 5.91 Å². The van der Waals surface area contributed by atoms with Crippen molar-refractivity contribution in [3.63, 3.8) is 0 Å². The number of benzene rings is 1. The summed E-state index contributed by atoms with van der Waals surface area (Å²) in [5.74, 6) is -1.25. The molecule has 188 valence electrons. The van der Waals surface area contributed by atoms with Crippen molar-refractivity contribution in [1.82, 2.24) is 14.8 Å². The fourth-order valence-electron chi connectivity index (χ4n) is 4.78. The zero-order chi connectivity index (χ0) is 25.3. The number of ketones is 1. The predicted octanol–water partition coefficient (Wildman–Crippen LogP) is 4.36. The highest BCUT2D eigenvalue weighted by atomic mass is 32.1. The number of ether oxygens (including phenoxy) is 1. The van der Waals surface area contributed by atoms with Crippen LogP contribution >= 0.6 is 11.3 Å². The van der Waals surface area contributed by atoms with Gasteiger partial charge in [0.15, 0.2) is 5.76 Å². The van der Waals surface area contributed by atoms with Crippen molar-refractivity contribution in [2.24, 2.45) is 0 Å². The maximum absolute atomic E-state index is 13.7. The van der Waals surface area contributed by atoms with E-state index in [1.165, 1.54) is 16.9 Å². The number of nitrogens with zero attached hydrogens (tertiary/aromatic N) is 3. The van der Waals surface area contributed by atoms with E-state index in [1.807, 2.05) is 31.2 Å². The SMILES string of the molecule is Cc1nc(C)c(C(=O)C2=C(O)C(=O)N(CCCN3CCOCC3)[C@@H]2c2ccc(C(C)(C)C)cc2)s1. The van der Waals surface area contributed by atoms with E-state index in [4.69, 9.17) is 4.74 Å². The number of Topliss-reactive ketones (excluding diaryl/α,β-unsaturated/α-hetero) is 1. The van der Waals surface area contributed by atoms with Crippen molar-refractivity contribution in [1.29, 1.82) is 0 Å². The average Bonchev–Trinajstić information content (AvgIpc) is 3.29. The lowest BCUT2D eigenvalue weighted by Gasteiger charge is -2.30. The minimum Gasteiger partial charge on any atom is -0.503 e. The molecular formula is C27H35N3O4S. The Hall–Kier alpha value is -2.55. The standard InChI is InChI=1S/C27H35N3O4S/c1-17-25(35-18(2)28-17)23(31)21-22(19-7-9-20(10-8-19)27(3,4)5)30(26(33)24(21)32)12-6-11-29-13-15-34-16-14-29/h7-10,22,32H,6,11-16H2,1-5H3/t22-/m1/s1. The summed E-state index contributed by atoms with van der Waals surface area (Å²) in [5.41, 5.74) is 2.74. The summed E-state index contributed by atoms with van der Waals surface area (Å²) in [6.07, 6.45) is 0.746. The summed E-state index contributed by atoms with van der Waals surface area (Å²) < 4.78 is 5.43. The van der Waals surface area contributed by atoms with Crippen LogP contribution in [0.25, 0.3) is 0 Å². The van der Waals surface area contributed by atoms with E-state index in [0.717, 1.165) is 49.8 Å².